The predicted molar refractivity (Wildman–Crippen MR) is 85.3 cm³/mol. The number of hydrogen-bond donors (Lipinski definition) is 1. The van der Waals surface area contributed by atoms with Crippen LogP contribution in [0.3, 0.4) is 0 Å². The number of nitrogens with zero attached hydrogens (tertiary/aromatic N) is 1. The van der Waals surface area contributed by atoms with E-state index in [-0.39, 0.29) is 6.03 Å². The van der Waals surface area contributed by atoms with Gasteiger partial charge in [0, 0.05) is 18.8 Å². The zero-order valence-corrected chi connectivity index (χ0v) is 12.0. The van der Waals surface area contributed by atoms with Crippen molar-refractivity contribution >= 4 is 11.7 Å². The molecular weight excluding hydrogens is 260 g/mol. The maximum atomic E-state index is 12.2. The molecule has 2 aromatic carbocycles. The molecule has 0 bridgehead atoms. The fourth-order valence-electron chi connectivity index (χ4n) is 2.86. The normalized spacial score (nSPS) is 17.7. The van der Waals surface area contributed by atoms with Crippen LogP contribution in [-0.2, 0) is 6.42 Å². The molecule has 2 amide bonds. The van der Waals surface area contributed by atoms with Gasteiger partial charge in [-0.05, 0) is 36.5 Å². The van der Waals surface area contributed by atoms with Gasteiger partial charge in [-0.15, -0.1) is 0 Å². The van der Waals surface area contributed by atoms with Gasteiger partial charge in [0.1, 0.15) is 0 Å². The van der Waals surface area contributed by atoms with E-state index in [4.69, 9.17) is 0 Å². The molecular formula is C18H20N2O. The third-order valence-electron chi connectivity index (χ3n) is 3.97. The quantitative estimate of drug-likeness (QED) is 0.911. The van der Waals surface area contributed by atoms with Gasteiger partial charge in [0.15, 0.2) is 0 Å². The van der Waals surface area contributed by atoms with Crippen molar-refractivity contribution in [3.8, 4) is 0 Å². The number of nitrogens with one attached hydrogen (secondary N) is 1. The highest BCUT2D eigenvalue weighted by molar-refractivity contribution is 5.89. The van der Waals surface area contributed by atoms with Gasteiger partial charge in [0.25, 0.3) is 0 Å². The summed E-state index contributed by atoms with van der Waals surface area (Å²) < 4.78 is 0. The van der Waals surface area contributed by atoms with E-state index in [0.29, 0.717) is 5.92 Å². The summed E-state index contributed by atoms with van der Waals surface area (Å²) in [5.41, 5.74) is 2.21. The highest BCUT2D eigenvalue weighted by Crippen LogP contribution is 2.21. The van der Waals surface area contributed by atoms with E-state index in [0.717, 1.165) is 31.6 Å². The monoisotopic (exact) mass is 280 g/mol. The lowest BCUT2D eigenvalue weighted by Gasteiger charge is -2.17. The minimum atomic E-state index is 0.0109. The second kappa shape index (κ2) is 6.44. The Balaban J connectivity index is 1.53. The second-order valence-electron chi connectivity index (χ2n) is 5.59. The van der Waals surface area contributed by atoms with E-state index in [1.54, 1.807) is 0 Å². The van der Waals surface area contributed by atoms with Crippen LogP contribution in [0, 0.1) is 5.92 Å². The van der Waals surface area contributed by atoms with E-state index < -0.39 is 0 Å². The first-order chi connectivity index (χ1) is 10.3. The molecule has 0 spiro atoms. The molecule has 1 N–H and O–H groups in total. The molecule has 0 aromatic heterocycles. The molecule has 1 saturated heterocycles. The molecule has 0 aliphatic carbocycles. The third kappa shape index (κ3) is 3.63. The number of likely N-dealkylation sites (tertiary alicyclic amines) is 1. The van der Waals surface area contributed by atoms with Crippen molar-refractivity contribution in [2.45, 2.75) is 12.8 Å². The van der Waals surface area contributed by atoms with Crippen LogP contribution in [0.1, 0.15) is 12.0 Å². The van der Waals surface area contributed by atoms with Crippen LogP contribution in [0.4, 0.5) is 10.5 Å². The number of amides is 2. The van der Waals surface area contributed by atoms with Crippen molar-refractivity contribution < 1.29 is 4.79 Å². The molecule has 108 valence electrons. The standard InChI is InChI=1S/C18H20N2O/c21-18(19-17-9-5-2-6-10-17)20-12-11-16(14-20)13-15-7-3-1-4-8-15/h1-10,16H,11-14H2,(H,19,21). The van der Waals surface area contributed by atoms with E-state index in [9.17, 15) is 4.79 Å². The third-order valence-corrected chi connectivity index (χ3v) is 3.97. The number of carbonyl (C=O) groups is 1. The Morgan fingerprint density at radius 1 is 1.05 bits per heavy atom. The summed E-state index contributed by atoms with van der Waals surface area (Å²) in [6.45, 7) is 1.68. The molecule has 1 fully saturated rings. The molecule has 1 atom stereocenters. The topological polar surface area (TPSA) is 32.3 Å². The Kier molecular flexibility index (Phi) is 4.20. The summed E-state index contributed by atoms with van der Waals surface area (Å²) in [6, 6.07) is 20.1. The zero-order valence-electron chi connectivity index (χ0n) is 12.0. The first kappa shape index (κ1) is 13.7. The molecule has 3 rings (SSSR count). The van der Waals surface area contributed by atoms with Gasteiger partial charge in [-0.25, -0.2) is 4.79 Å². The van der Waals surface area contributed by atoms with E-state index in [1.165, 1.54) is 5.56 Å². The summed E-state index contributed by atoms with van der Waals surface area (Å²) in [5.74, 6) is 0.564. The maximum absolute atomic E-state index is 12.2. The van der Waals surface area contributed by atoms with Crippen LogP contribution in [0.15, 0.2) is 60.7 Å². The number of para-hydroxylation sites is 1. The summed E-state index contributed by atoms with van der Waals surface area (Å²) in [4.78, 5) is 14.1. The van der Waals surface area contributed by atoms with Crippen molar-refractivity contribution in [3.05, 3.63) is 66.2 Å². The van der Waals surface area contributed by atoms with Gasteiger partial charge in [-0.1, -0.05) is 48.5 Å². The van der Waals surface area contributed by atoms with Gasteiger partial charge < -0.3 is 10.2 Å². The van der Waals surface area contributed by atoms with Gasteiger partial charge in [-0.3, -0.25) is 0 Å². The van der Waals surface area contributed by atoms with Crippen molar-refractivity contribution in [2.75, 3.05) is 18.4 Å². The van der Waals surface area contributed by atoms with Crippen LogP contribution < -0.4 is 5.32 Å². The number of anilines is 1. The van der Waals surface area contributed by atoms with Crippen molar-refractivity contribution in [1.29, 1.82) is 0 Å². The minimum absolute atomic E-state index is 0.0109. The minimum Gasteiger partial charge on any atom is -0.324 e. The van der Waals surface area contributed by atoms with Crippen LogP contribution in [0.5, 0.6) is 0 Å². The summed E-state index contributed by atoms with van der Waals surface area (Å²) >= 11 is 0. The SMILES string of the molecule is O=C(Nc1ccccc1)N1CCC(Cc2ccccc2)C1. The molecule has 21 heavy (non-hydrogen) atoms. The zero-order chi connectivity index (χ0) is 14.5. The van der Waals surface area contributed by atoms with Gasteiger partial charge in [-0.2, -0.15) is 0 Å². The molecule has 1 unspecified atom stereocenters. The summed E-state index contributed by atoms with van der Waals surface area (Å²) in [6.07, 6.45) is 2.13. The largest absolute Gasteiger partial charge is 0.324 e. The molecule has 1 aliphatic heterocycles. The van der Waals surface area contributed by atoms with Crippen LogP contribution in [0.2, 0.25) is 0 Å². The molecule has 3 heteroatoms. The van der Waals surface area contributed by atoms with Gasteiger partial charge >= 0.3 is 6.03 Å². The molecule has 0 radical (unpaired) electrons. The van der Waals surface area contributed by atoms with Crippen molar-refractivity contribution in [1.82, 2.24) is 4.90 Å². The predicted octanol–water partition coefficient (Wildman–Crippen LogP) is 3.78. The first-order valence-corrected chi connectivity index (χ1v) is 7.46. The van der Waals surface area contributed by atoms with Crippen molar-refractivity contribution in [2.24, 2.45) is 5.92 Å². The average Bonchev–Trinajstić information content (AvgIpc) is 2.98. The number of carbonyl (C=O) groups excluding carboxylic acids is 1. The van der Waals surface area contributed by atoms with Crippen LogP contribution >= 0.6 is 0 Å². The molecule has 1 aliphatic rings. The Morgan fingerprint density at radius 3 is 2.43 bits per heavy atom. The first-order valence-electron chi connectivity index (χ1n) is 7.46. The summed E-state index contributed by atoms with van der Waals surface area (Å²) in [5, 5.41) is 2.96. The smallest absolute Gasteiger partial charge is 0.321 e. The number of hydrogen-bond acceptors (Lipinski definition) is 1. The van der Waals surface area contributed by atoms with E-state index >= 15 is 0 Å². The van der Waals surface area contributed by atoms with Crippen LogP contribution in [-0.4, -0.2) is 24.0 Å². The fourth-order valence-corrected chi connectivity index (χ4v) is 2.86. The Hall–Kier alpha value is -2.29. The van der Waals surface area contributed by atoms with Crippen molar-refractivity contribution in [3.63, 3.8) is 0 Å². The number of urea groups is 1. The highest BCUT2D eigenvalue weighted by Gasteiger charge is 2.26. The lowest BCUT2D eigenvalue weighted by atomic mass is 9.99. The van der Waals surface area contributed by atoms with Crippen LogP contribution in [0.25, 0.3) is 0 Å². The molecule has 0 saturated carbocycles. The van der Waals surface area contributed by atoms with Gasteiger partial charge in [0.2, 0.25) is 0 Å². The molecule has 2 aromatic rings. The van der Waals surface area contributed by atoms with E-state index in [1.807, 2.05) is 41.3 Å². The lowest BCUT2D eigenvalue weighted by Crippen LogP contribution is -2.33. The number of benzene rings is 2. The Morgan fingerprint density at radius 2 is 1.71 bits per heavy atom. The van der Waals surface area contributed by atoms with Gasteiger partial charge in [0.05, 0.1) is 0 Å². The van der Waals surface area contributed by atoms with E-state index in [2.05, 4.69) is 29.6 Å². The highest BCUT2D eigenvalue weighted by atomic mass is 16.2. The number of rotatable bonds is 3. The fraction of sp³-hybridized carbons (Fsp3) is 0.278. The molecule has 3 nitrogen and oxygen atoms in total. The Bertz CT molecular complexity index is 583. The Labute approximate surface area is 125 Å². The maximum Gasteiger partial charge on any atom is 0.321 e. The lowest BCUT2D eigenvalue weighted by molar-refractivity contribution is 0.221. The average molecular weight is 280 g/mol. The summed E-state index contributed by atoms with van der Waals surface area (Å²) in [7, 11) is 0. The second-order valence-corrected chi connectivity index (χ2v) is 5.59. The molecule has 1 heterocycles.